The number of benzene rings is 2. The van der Waals surface area contributed by atoms with Gasteiger partial charge in [-0.2, -0.15) is 33.7 Å². The summed E-state index contributed by atoms with van der Waals surface area (Å²) in [6.45, 7) is 5.39. The van der Waals surface area contributed by atoms with Gasteiger partial charge in [0.15, 0.2) is 0 Å². The number of hydrogen-bond donors (Lipinski definition) is 2. The predicted molar refractivity (Wildman–Crippen MR) is 153 cm³/mol. The number of thioether (sulfide) groups is 2. The van der Waals surface area contributed by atoms with E-state index in [9.17, 15) is 32.2 Å². The highest BCUT2D eigenvalue weighted by Crippen LogP contribution is 2.53. The largest absolute Gasteiger partial charge is 0.508 e. The van der Waals surface area contributed by atoms with Crippen molar-refractivity contribution in [1.82, 2.24) is 0 Å². The maximum Gasteiger partial charge on any atom is 0.453 e. The first-order valence-electron chi connectivity index (χ1n) is 13.5. The van der Waals surface area contributed by atoms with Gasteiger partial charge in [-0.1, -0.05) is 30.7 Å². The van der Waals surface area contributed by atoms with Gasteiger partial charge in [0.2, 0.25) is 0 Å². The van der Waals surface area contributed by atoms with Gasteiger partial charge in [0.1, 0.15) is 11.5 Å². The third-order valence-corrected chi connectivity index (χ3v) is 9.72. The Balaban J connectivity index is 1.40. The second kappa shape index (κ2) is 14.8. The summed E-state index contributed by atoms with van der Waals surface area (Å²) in [6, 6.07) is 12.8. The minimum Gasteiger partial charge on any atom is -0.508 e. The van der Waals surface area contributed by atoms with Gasteiger partial charge in [-0.25, -0.2) is 0 Å². The number of phenolic OH excluding ortho intramolecular Hbond substituents is 2. The monoisotopic (exact) mass is 604 g/mol. The number of aromatic hydroxyl groups is 2. The Hall–Kier alpha value is -1.91. The van der Waals surface area contributed by atoms with Crippen LogP contribution in [0.2, 0.25) is 0 Å². The van der Waals surface area contributed by atoms with Crippen LogP contribution in [0.25, 0.3) is 0 Å². The van der Waals surface area contributed by atoms with Crippen LogP contribution in [0.15, 0.2) is 60.0 Å². The molecular formula is C30H37F5O3S2. The first-order valence-corrected chi connectivity index (χ1v) is 15.6. The second-order valence-electron chi connectivity index (χ2n) is 10.1. The van der Waals surface area contributed by atoms with Crippen molar-refractivity contribution in [3.05, 3.63) is 66.2 Å². The predicted octanol–water partition coefficient (Wildman–Crippen LogP) is 9.09. The van der Waals surface area contributed by atoms with Crippen molar-refractivity contribution in [3.63, 3.8) is 0 Å². The normalized spacial score (nSPS) is 19.4. The number of phenols is 2. The number of halogens is 5. The number of allylic oxidation sites excluding steroid dienone is 1. The van der Waals surface area contributed by atoms with E-state index in [0.29, 0.717) is 19.0 Å². The molecule has 0 bridgehead atoms. The average Bonchev–Trinajstić information content (AvgIpc) is 2.91. The van der Waals surface area contributed by atoms with Crippen LogP contribution in [-0.2, 0) is 10.2 Å². The lowest BCUT2D eigenvalue weighted by Crippen LogP contribution is -2.37. The van der Waals surface area contributed by atoms with Gasteiger partial charge >= 0.3 is 12.1 Å². The minimum atomic E-state index is -5.47. The third kappa shape index (κ3) is 8.55. The maximum atomic E-state index is 12.9. The van der Waals surface area contributed by atoms with Crippen LogP contribution in [0.4, 0.5) is 22.0 Å². The molecule has 0 unspecified atom stereocenters. The first kappa shape index (κ1) is 32.6. The highest BCUT2D eigenvalue weighted by atomic mass is 32.2. The molecule has 3 rings (SSSR count). The molecule has 0 fully saturated rings. The van der Waals surface area contributed by atoms with E-state index in [-0.39, 0.29) is 35.0 Å². The molecule has 2 aromatic rings. The lowest BCUT2D eigenvalue weighted by Gasteiger charge is -2.43. The molecule has 0 saturated carbocycles. The topological polar surface area (TPSA) is 49.7 Å². The van der Waals surface area contributed by atoms with E-state index in [1.807, 2.05) is 30.3 Å². The van der Waals surface area contributed by atoms with Gasteiger partial charge in [-0.3, -0.25) is 0 Å². The lowest BCUT2D eigenvalue weighted by molar-refractivity contribution is -0.284. The van der Waals surface area contributed by atoms with Crippen molar-refractivity contribution in [2.24, 2.45) is 0 Å². The van der Waals surface area contributed by atoms with E-state index in [1.54, 1.807) is 30.0 Å². The molecule has 0 aliphatic carbocycles. The van der Waals surface area contributed by atoms with E-state index in [1.165, 1.54) is 17.3 Å². The van der Waals surface area contributed by atoms with Crippen LogP contribution < -0.4 is 0 Å². The molecule has 0 spiro atoms. The van der Waals surface area contributed by atoms with Crippen LogP contribution in [0, 0.1) is 0 Å². The van der Waals surface area contributed by atoms with Crippen LogP contribution >= 0.6 is 23.5 Å². The SMILES string of the molecule is C=C[C@]1(c2ccc(O)cc2)CSc2cc(O)ccc2[C@H]1CCCCOCCCCSCCCC(F)(F)C(F)(F)F. The smallest absolute Gasteiger partial charge is 0.453 e. The molecule has 2 atom stereocenters. The third-order valence-electron chi connectivity index (χ3n) is 7.28. The molecule has 10 heteroatoms. The Morgan fingerprint density at radius 3 is 2.25 bits per heavy atom. The Bertz CT molecular complexity index is 1080. The fourth-order valence-corrected chi connectivity index (χ4v) is 7.42. The minimum absolute atomic E-state index is 0.152. The zero-order valence-electron chi connectivity index (χ0n) is 22.4. The zero-order chi connectivity index (χ0) is 29.2. The van der Waals surface area contributed by atoms with E-state index >= 15 is 0 Å². The fraction of sp³-hybridized carbons (Fsp3) is 0.533. The molecule has 0 radical (unpaired) electrons. The molecule has 1 heterocycles. The Labute approximate surface area is 241 Å². The van der Waals surface area contributed by atoms with Crippen molar-refractivity contribution < 1.29 is 36.9 Å². The quantitative estimate of drug-likeness (QED) is 0.114. The summed E-state index contributed by atoms with van der Waals surface area (Å²) >= 11 is 3.09. The zero-order valence-corrected chi connectivity index (χ0v) is 24.0. The van der Waals surface area contributed by atoms with Gasteiger partial charge in [0, 0.05) is 35.7 Å². The van der Waals surface area contributed by atoms with Crippen LogP contribution in [0.3, 0.4) is 0 Å². The maximum absolute atomic E-state index is 12.9. The molecule has 1 aliphatic rings. The van der Waals surface area contributed by atoms with Crippen molar-refractivity contribution in [2.45, 2.75) is 73.3 Å². The van der Waals surface area contributed by atoms with Crippen LogP contribution in [0.1, 0.15) is 62.0 Å². The van der Waals surface area contributed by atoms with E-state index in [0.717, 1.165) is 48.3 Å². The molecule has 0 saturated heterocycles. The summed E-state index contributed by atoms with van der Waals surface area (Å²) in [4.78, 5) is 1.07. The molecule has 3 nitrogen and oxygen atoms in total. The summed E-state index contributed by atoms with van der Waals surface area (Å²) in [6.07, 6.45) is -0.449. The molecule has 40 heavy (non-hydrogen) atoms. The van der Waals surface area contributed by atoms with Gasteiger partial charge in [-0.15, -0.1) is 18.3 Å². The summed E-state index contributed by atoms with van der Waals surface area (Å²) in [7, 11) is 0. The van der Waals surface area contributed by atoms with Crippen molar-refractivity contribution >= 4 is 23.5 Å². The van der Waals surface area contributed by atoms with E-state index in [2.05, 4.69) is 6.58 Å². The summed E-state index contributed by atoms with van der Waals surface area (Å²) in [5.41, 5.74) is 1.96. The van der Waals surface area contributed by atoms with Gasteiger partial charge < -0.3 is 14.9 Å². The van der Waals surface area contributed by atoms with E-state index < -0.39 is 18.5 Å². The Kier molecular flexibility index (Phi) is 12.1. The number of fused-ring (bicyclic) bond motifs is 1. The number of ether oxygens (including phenoxy) is 1. The summed E-state index contributed by atoms with van der Waals surface area (Å²) in [5.74, 6) is -2.23. The van der Waals surface area contributed by atoms with E-state index in [4.69, 9.17) is 4.74 Å². The number of unbranched alkanes of at least 4 members (excludes halogenated alkanes) is 2. The van der Waals surface area contributed by atoms with Gasteiger partial charge in [-0.05, 0) is 84.9 Å². The molecule has 222 valence electrons. The lowest BCUT2D eigenvalue weighted by atomic mass is 9.66. The Morgan fingerprint density at radius 2 is 1.57 bits per heavy atom. The van der Waals surface area contributed by atoms with Crippen molar-refractivity contribution in [2.75, 3.05) is 30.5 Å². The van der Waals surface area contributed by atoms with Crippen molar-refractivity contribution in [3.8, 4) is 11.5 Å². The highest BCUT2D eigenvalue weighted by Gasteiger charge is 2.56. The summed E-state index contributed by atoms with van der Waals surface area (Å²) in [5, 5.41) is 19.8. The molecular weight excluding hydrogens is 567 g/mol. The fourth-order valence-electron chi connectivity index (χ4n) is 5.00. The standard InChI is InChI=1S/C30H37F5O3S2/c1-2-28(22-9-11-23(36)12-10-22)21-40-27-20-24(37)13-14-25(27)26(28)8-3-4-16-38-17-5-6-18-39-19-7-15-29(31,32)30(33,34)35/h2,9-14,20,26,36-37H,1,3-8,15-19,21H2/t26-,28-/m1/s1. The molecule has 0 aromatic heterocycles. The number of alkyl halides is 5. The van der Waals surface area contributed by atoms with Gasteiger partial charge in [0.25, 0.3) is 0 Å². The van der Waals surface area contributed by atoms with Crippen LogP contribution in [0.5, 0.6) is 11.5 Å². The van der Waals surface area contributed by atoms with Crippen LogP contribution in [-0.4, -0.2) is 52.8 Å². The molecule has 0 amide bonds. The van der Waals surface area contributed by atoms with Gasteiger partial charge in [0.05, 0.1) is 0 Å². The first-order chi connectivity index (χ1) is 19.0. The second-order valence-corrected chi connectivity index (χ2v) is 12.3. The average molecular weight is 605 g/mol. The van der Waals surface area contributed by atoms with Crippen molar-refractivity contribution in [1.29, 1.82) is 0 Å². The highest BCUT2D eigenvalue weighted by molar-refractivity contribution is 7.99. The number of hydrogen-bond acceptors (Lipinski definition) is 5. The number of rotatable bonds is 16. The molecule has 2 N–H and O–H groups in total. The summed E-state index contributed by atoms with van der Waals surface area (Å²) < 4.78 is 68.1. The Morgan fingerprint density at radius 1 is 0.925 bits per heavy atom. The molecule has 2 aromatic carbocycles. The molecule has 1 aliphatic heterocycles.